The first-order valence-electron chi connectivity index (χ1n) is 24.3. The zero-order valence-electron chi connectivity index (χ0n) is 40.4. The third-order valence-corrected chi connectivity index (χ3v) is 14.4. The topological polar surface area (TPSA) is 22.4 Å². The SMILES string of the molecule is Cc1ccccc1Oc1cc(-c2cccc3oc4ccc(-c5ccc(C)c(-c6cc(-c7ccc(C)c(-c8ccccc8CC8=CCCC=C8)c7)ccc6C)c5)cc4c23)cc(-c2ccccc2C)c1C. The number of hydrogen-bond donors (Lipinski definition) is 0. The number of allylic oxidation sites excluding steroid dienone is 4. The third kappa shape index (κ3) is 8.42. The van der Waals surface area contributed by atoms with Crippen molar-refractivity contribution in [2.75, 3.05) is 0 Å². The summed E-state index contributed by atoms with van der Waals surface area (Å²) in [5, 5.41) is 2.18. The molecular weight excluding hydrogens is 837 g/mol. The highest BCUT2D eigenvalue weighted by molar-refractivity contribution is 6.13. The largest absolute Gasteiger partial charge is 0.457 e. The summed E-state index contributed by atoms with van der Waals surface area (Å²) in [7, 11) is 0. The number of ether oxygens (including phenoxy) is 1. The molecule has 336 valence electrons. The van der Waals surface area contributed by atoms with Gasteiger partial charge in [0.05, 0.1) is 0 Å². The van der Waals surface area contributed by atoms with Gasteiger partial charge in [-0.25, -0.2) is 0 Å². The fraction of sp³-hybridized carbons (Fsp3) is 0.134. The molecule has 0 saturated carbocycles. The van der Waals surface area contributed by atoms with Crippen molar-refractivity contribution in [2.45, 2.75) is 60.8 Å². The lowest BCUT2D eigenvalue weighted by molar-refractivity contribution is 0.476. The molecule has 0 fully saturated rings. The standard InChI is InChI=1S/C67H56O2/c1-42-17-10-13-22-55(42)61-40-54(41-66(47(61)6)68-63-25-15-11-18-46(63)5)57-24-16-26-65-67(57)62-39-52(33-34-64(62)69-65)51-32-29-45(4)60(38-51)59-37-50(31-28-44(59)3)49-30-27-43(2)58(36-49)56-23-14-12-21-53(56)35-48-19-8-7-9-20-48/h8,10-34,36-41H,7,9,35H2,1-6H3. The van der Waals surface area contributed by atoms with Crippen molar-refractivity contribution in [1.29, 1.82) is 0 Å². The number of hydrogen-bond acceptors (Lipinski definition) is 2. The van der Waals surface area contributed by atoms with Crippen molar-refractivity contribution in [2.24, 2.45) is 0 Å². The van der Waals surface area contributed by atoms with E-state index < -0.39 is 0 Å². The van der Waals surface area contributed by atoms with E-state index in [2.05, 4.69) is 224 Å². The highest BCUT2D eigenvalue weighted by atomic mass is 16.5. The van der Waals surface area contributed by atoms with Crippen LogP contribution in [0, 0.1) is 41.5 Å². The highest BCUT2D eigenvalue weighted by Crippen LogP contribution is 2.45. The molecule has 69 heavy (non-hydrogen) atoms. The van der Waals surface area contributed by atoms with Gasteiger partial charge in [0.25, 0.3) is 0 Å². The molecule has 1 aliphatic rings. The number of aryl methyl sites for hydroxylation is 5. The van der Waals surface area contributed by atoms with Gasteiger partial charge in [-0.3, -0.25) is 0 Å². The molecule has 1 heterocycles. The molecule has 0 radical (unpaired) electrons. The molecule has 0 N–H and O–H groups in total. The Morgan fingerprint density at radius 2 is 0.971 bits per heavy atom. The first kappa shape index (κ1) is 43.6. The fourth-order valence-corrected chi connectivity index (χ4v) is 10.4. The smallest absolute Gasteiger partial charge is 0.136 e. The van der Waals surface area contributed by atoms with E-state index in [1.165, 1.54) is 72.3 Å². The van der Waals surface area contributed by atoms with E-state index in [0.717, 1.165) is 91.6 Å². The second-order valence-corrected chi connectivity index (χ2v) is 19.0. The van der Waals surface area contributed by atoms with Gasteiger partial charge in [-0.2, -0.15) is 0 Å². The molecule has 2 nitrogen and oxygen atoms in total. The Morgan fingerprint density at radius 3 is 1.64 bits per heavy atom. The Labute approximate surface area is 406 Å². The van der Waals surface area contributed by atoms with Gasteiger partial charge in [-0.1, -0.05) is 140 Å². The number of furan rings is 1. The maximum absolute atomic E-state index is 6.79. The summed E-state index contributed by atoms with van der Waals surface area (Å²) in [5.41, 5.74) is 26.0. The second-order valence-electron chi connectivity index (χ2n) is 19.0. The number of fused-ring (bicyclic) bond motifs is 3. The Morgan fingerprint density at radius 1 is 0.406 bits per heavy atom. The van der Waals surface area contributed by atoms with Crippen molar-refractivity contribution in [3.8, 4) is 78.3 Å². The Kier molecular flexibility index (Phi) is 11.6. The lowest BCUT2D eigenvalue weighted by atomic mass is 9.88. The van der Waals surface area contributed by atoms with Crippen LogP contribution in [0.15, 0.2) is 204 Å². The molecule has 9 aromatic carbocycles. The van der Waals surface area contributed by atoms with Crippen LogP contribution in [-0.4, -0.2) is 0 Å². The molecule has 1 aromatic heterocycles. The zero-order valence-corrected chi connectivity index (χ0v) is 40.4. The van der Waals surface area contributed by atoms with Gasteiger partial charge in [-0.05, 0) is 227 Å². The molecule has 2 heteroatoms. The molecule has 0 unspecified atom stereocenters. The van der Waals surface area contributed by atoms with Crippen LogP contribution in [0.5, 0.6) is 11.5 Å². The van der Waals surface area contributed by atoms with Gasteiger partial charge in [0.2, 0.25) is 0 Å². The Balaban J connectivity index is 0.984. The summed E-state index contributed by atoms with van der Waals surface area (Å²) in [4.78, 5) is 0. The average Bonchev–Trinajstić information content (AvgIpc) is 3.75. The van der Waals surface area contributed by atoms with Crippen molar-refractivity contribution in [3.63, 3.8) is 0 Å². The van der Waals surface area contributed by atoms with Crippen molar-refractivity contribution >= 4 is 21.9 Å². The van der Waals surface area contributed by atoms with E-state index in [-0.39, 0.29) is 0 Å². The minimum Gasteiger partial charge on any atom is -0.457 e. The third-order valence-electron chi connectivity index (χ3n) is 14.4. The minimum atomic E-state index is 0.839. The van der Waals surface area contributed by atoms with Crippen molar-refractivity contribution in [3.05, 3.63) is 239 Å². The normalized spacial score (nSPS) is 12.5. The van der Waals surface area contributed by atoms with Gasteiger partial charge >= 0.3 is 0 Å². The minimum absolute atomic E-state index is 0.839. The molecule has 11 rings (SSSR count). The van der Waals surface area contributed by atoms with Crippen molar-refractivity contribution in [1.82, 2.24) is 0 Å². The molecule has 0 spiro atoms. The molecule has 0 amide bonds. The summed E-state index contributed by atoms with van der Waals surface area (Å²) in [6.45, 7) is 13.1. The summed E-state index contributed by atoms with van der Waals surface area (Å²) in [5.74, 6) is 1.69. The molecule has 0 aliphatic heterocycles. The number of benzene rings is 9. The van der Waals surface area contributed by atoms with Crippen LogP contribution < -0.4 is 4.74 Å². The fourth-order valence-electron chi connectivity index (χ4n) is 10.4. The van der Waals surface area contributed by atoms with Gasteiger partial charge in [-0.15, -0.1) is 0 Å². The quantitative estimate of drug-likeness (QED) is 0.136. The van der Waals surface area contributed by atoms with Crippen molar-refractivity contribution < 1.29 is 9.15 Å². The molecule has 0 bridgehead atoms. The van der Waals surface area contributed by atoms with E-state index in [1.807, 2.05) is 12.1 Å². The zero-order chi connectivity index (χ0) is 47.2. The van der Waals surface area contributed by atoms with Crippen LogP contribution in [0.25, 0.3) is 88.7 Å². The maximum Gasteiger partial charge on any atom is 0.136 e. The molecule has 0 atom stereocenters. The van der Waals surface area contributed by atoms with E-state index in [1.54, 1.807) is 0 Å². The van der Waals surface area contributed by atoms with Gasteiger partial charge in [0.15, 0.2) is 0 Å². The Hall–Kier alpha value is -7.94. The van der Waals surface area contributed by atoms with E-state index >= 15 is 0 Å². The monoisotopic (exact) mass is 892 g/mol. The summed E-state index contributed by atoms with van der Waals surface area (Å²) in [6, 6.07) is 64.2. The molecular formula is C67H56O2. The molecule has 0 saturated heterocycles. The van der Waals surface area contributed by atoms with E-state index in [4.69, 9.17) is 9.15 Å². The lowest BCUT2D eigenvalue weighted by Gasteiger charge is -2.18. The predicted octanol–water partition coefficient (Wildman–Crippen LogP) is 19.0. The van der Waals surface area contributed by atoms with Crippen LogP contribution in [0.1, 0.15) is 51.8 Å². The molecule has 1 aliphatic carbocycles. The number of para-hydroxylation sites is 1. The van der Waals surface area contributed by atoms with E-state index in [9.17, 15) is 0 Å². The maximum atomic E-state index is 6.79. The van der Waals surface area contributed by atoms with Crippen LogP contribution in [0.3, 0.4) is 0 Å². The van der Waals surface area contributed by atoms with Crippen LogP contribution in [0.2, 0.25) is 0 Å². The summed E-state index contributed by atoms with van der Waals surface area (Å²) < 4.78 is 13.4. The van der Waals surface area contributed by atoms with Gasteiger partial charge < -0.3 is 9.15 Å². The lowest BCUT2D eigenvalue weighted by Crippen LogP contribution is -1.96. The number of rotatable bonds is 10. The average molecular weight is 893 g/mol. The van der Waals surface area contributed by atoms with E-state index in [0.29, 0.717) is 0 Å². The summed E-state index contributed by atoms with van der Waals surface area (Å²) >= 11 is 0. The first-order chi connectivity index (χ1) is 33.7. The Bertz CT molecular complexity index is 3680. The van der Waals surface area contributed by atoms with Gasteiger partial charge in [0.1, 0.15) is 22.7 Å². The second kappa shape index (κ2) is 18.3. The first-order valence-corrected chi connectivity index (χ1v) is 24.3. The van der Waals surface area contributed by atoms with Crippen LogP contribution >= 0.6 is 0 Å². The summed E-state index contributed by atoms with van der Waals surface area (Å²) in [6.07, 6.45) is 10.2. The van der Waals surface area contributed by atoms with Crippen LogP contribution in [0.4, 0.5) is 0 Å². The highest BCUT2D eigenvalue weighted by Gasteiger charge is 2.20. The molecule has 10 aromatic rings. The van der Waals surface area contributed by atoms with Crippen LogP contribution in [-0.2, 0) is 6.42 Å². The van der Waals surface area contributed by atoms with Gasteiger partial charge in [0, 0.05) is 10.8 Å². The predicted molar refractivity (Wildman–Crippen MR) is 291 cm³/mol.